The van der Waals surface area contributed by atoms with Crippen LogP contribution in [0.25, 0.3) is 0 Å². The molecule has 1 aliphatic rings. The van der Waals surface area contributed by atoms with Gasteiger partial charge in [0, 0.05) is 37.3 Å². The van der Waals surface area contributed by atoms with Gasteiger partial charge < -0.3 is 9.80 Å². The van der Waals surface area contributed by atoms with Crippen LogP contribution in [0.15, 0.2) is 61.2 Å². The first kappa shape index (κ1) is 21.5. The molecule has 0 bridgehead atoms. The van der Waals surface area contributed by atoms with Crippen LogP contribution in [0.4, 0.5) is 13.2 Å². The molecule has 0 spiro atoms. The second-order valence-corrected chi connectivity index (χ2v) is 7.45. The van der Waals surface area contributed by atoms with Gasteiger partial charge in [-0.2, -0.15) is 18.3 Å². The smallest absolute Gasteiger partial charge is 0.335 e. The lowest BCUT2D eigenvalue weighted by Crippen LogP contribution is -2.50. The van der Waals surface area contributed by atoms with Crippen LogP contribution in [-0.4, -0.2) is 62.6 Å². The summed E-state index contributed by atoms with van der Waals surface area (Å²) in [5.74, 6) is -0.470. The van der Waals surface area contributed by atoms with Gasteiger partial charge in [-0.05, 0) is 42.0 Å². The SMILES string of the molecule is O=C(c1ccc(Cn2cncn2)cc1)N1CCN(C(=O)c2ccc(C(F)(F)F)cc2)CC1. The molecule has 1 fully saturated rings. The van der Waals surface area contributed by atoms with Crippen molar-refractivity contribution in [3.05, 3.63) is 83.4 Å². The van der Waals surface area contributed by atoms with Gasteiger partial charge in [-0.1, -0.05) is 12.1 Å². The summed E-state index contributed by atoms with van der Waals surface area (Å²) in [5.41, 5.74) is 0.936. The molecule has 0 atom stereocenters. The van der Waals surface area contributed by atoms with Gasteiger partial charge in [0.1, 0.15) is 12.7 Å². The van der Waals surface area contributed by atoms with Crippen LogP contribution < -0.4 is 0 Å². The number of hydrogen-bond donors (Lipinski definition) is 0. The highest BCUT2D eigenvalue weighted by Gasteiger charge is 2.31. The number of halogens is 3. The maximum absolute atomic E-state index is 12.8. The first-order valence-electron chi connectivity index (χ1n) is 9.98. The number of rotatable bonds is 4. The summed E-state index contributed by atoms with van der Waals surface area (Å²) in [5, 5.41) is 4.05. The number of alkyl halides is 3. The number of benzene rings is 2. The molecule has 1 saturated heterocycles. The summed E-state index contributed by atoms with van der Waals surface area (Å²) in [4.78, 5) is 32.5. The molecule has 2 aromatic carbocycles. The average molecular weight is 443 g/mol. The van der Waals surface area contributed by atoms with E-state index >= 15 is 0 Å². The lowest BCUT2D eigenvalue weighted by Gasteiger charge is -2.35. The molecule has 32 heavy (non-hydrogen) atoms. The predicted molar refractivity (Wildman–Crippen MR) is 109 cm³/mol. The van der Waals surface area contributed by atoms with E-state index in [4.69, 9.17) is 0 Å². The van der Waals surface area contributed by atoms with E-state index in [0.29, 0.717) is 38.3 Å². The van der Waals surface area contributed by atoms with Crippen molar-refractivity contribution in [2.75, 3.05) is 26.2 Å². The van der Waals surface area contributed by atoms with Crippen molar-refractivity contribution in [2.24, 2.45) is 0 Å². The first-order valence-corrected chi connectivity index (χ1v) is 9.98. The Hall–Kier alpha value is -3.69. The van der Waals surface area contributed by atoms with Crippen molar-refractivity contribution in [2.45, 2.75) is 12.7 Å². The first-order chi connectivity index (χ1) is 15.3. The third kappa shape index (κ3) is 4.79. The largest absolute Gasteiger partial charge is 0.416 e. The summed E-state index contributed by atoms with van der Waals surface area (Å²) >= 11 is 0. The zero-order chi connectivity index (χ0) is 22.7. The van der Waals surface area contributed by atoms with E-state index in [1.807, 2.05) is 12.1 Å². The van der Waals surface area contributed by atoms with Crippen molar-refractivity contribution in [1.29, 1.82) is 0 Å². The molecule has 0 aliphatic carbocycles. The molecule has 1 aliphatic heterocycles. The molecule has 0 saturated carbocycles. The highest BCUT2D eigenvalue weighted by Crippen LogP contribution is 2.29. The summed E-state index contributed by atoms with van der Waals surface area (Å²) in [6.07, 6.45) is -1.37. The summed E-state index contributed by atoms with van der Waals surface area (Å²) in [6.45, 7) is 1.89. The predicted octanol–water partition coefficient (Wildman–Crippen LogP) is 2.94. The van der Waals surface area contributed by atoms with Gasteiger partial charge >= 0.3 is 6.18 Å². The lowest BCUT2D eigenvalue weighted by atomic mass is 10.1. The van der Waals surface area contributed by atoms with E-state index in [1.165, 1.54) is 18.5 Å². The van der Waals surface area contributed by atoms with Gasteiger partial charge in [-0.3, -0.25) is 9.59 Å². The normalized spacial score (nSPS) is 14.5. The van der Waals surface area contributed by atoms with Crippen molar-refractivity contribution < 1.29 is 22.8 Å². The Balaban J connectivity index is 1.33. The second-order valence-electron chi connectivity index (χ2n) is 7.45. The molecule has 0 N–H and O–H groups in total. The molecule has 3 aromatic rings. The third-order valence-electron chi connectivity index (χ3n) is 5.33. The number of aromatic nitrogens is 3. The second kappa shape index (κ2) is 8.81. The number of hydrogen-bond acceptors (Lipinski definition) is 4. The fourth-order valence-electron chi connectivity index (χ4n) is 3.53. The Labute approximate surface area is 182 Å². The van der Waals surface area contributed by atoms with Crippen LogP contribution in [0, 0.1) is 0 Å². The van der Waals surface area contributed by atoms with E-state index in [-0.39, 0.29) is 17.4 Å². The van der Waals surface area contributed by atoms with E-state index in [9.17, 15) is 22.8 Å². The molecule has 166 valence electrons. The van der Waals surface area contributed by atoms with Gasteiger partial charge in [0.25, 0.3) is 11.8 Å². The maximum atomic E-state index is 12.8. The molecular weight excluding hydrogens is 423 g/mol. The molecule has 1 aromatic heterocycles. The molecule has 2 heterocycles. The molecule has 7 nitrogen and oxygen atoms in total. The molecular formula is C22H20F3N5O2. The highest BCUT2D eigenvalue weighted by molar-refractivity contribution is 5.96. The minimum Gasteiger partial charge on any atom is -0.335 e. The minimum absolute atomic E-state index is 0.126. The topological polar surface area (TPSA) is 71.3 Å². The van der Waals surface area contributed by atoms with Crippen molar-refractivity contribution in [3.8, 4) is 0 Å². The van der Waals surface area contributed by atoms with Crippen LogP contribution in [0.2, 0.25) is 0 Å². The van der Waals surface area contributed by atoms with Gasteiger partial charge in [-0.15, -0.1) is 0 Å². The summed E-state index contributed by atoms with van der Waals surface area (Å²) in [6, 6.07) is 11.4. The monoisotopic (exact) mass is 443 g/mol. The fourth-order valence-corrected chi connectivity index (χ4v) is 3.53. The number of nitrogens with zero attached hydrogens (tertiary/aromatic N) is 5. The zero-order valence-corrected chi connectivity index (χ0v) is 17.0. The highest BCUT2D eigenvalue weighted by atomic mass is 19.4. The molecule has 0 unspecified atom stereocenters. The van der Waals surface area contributed by atoms with Gasteiger partial charge in [0.15, 0.2) is 0 Å². The molecule has 0 radical (unpaired) electrons. The minimum atomic E-state index is -4.44. The van der Waals surface area contributed by atoms with Gasteiger partial charge in [-0.25, -0.2) is 9.67 Å². The van der Waals surface area contributed by atoms with Gasteiger partial charge in [0.05, 0.1) is 12.1 Å². The molecule has 10 heteroatoms. The van der Waals surface area contributed by atoms with Crippen LogP contribution in [0.1, 0.15) is 31.8 Å². The Morgan fingerprint density at radius 2 is 1.31 bits per heavy atom. The Bertz CT molecular complexity index is 1070. The van der Waals surface area contributed by atoms with Crippen LogP contribution in [0.3, 0.4) is 0 Å². The van der Waals surface area contributed by atoms with Crippen LogP contribution >= 0.6 is 0 Å². The van der Waals surface area contributed by atoms with E-state index in [1.54, 1.807) is 32.9 Å². The lowest BCUT2D eigenvalue weighted by molar-refractivity contribution is -0.137. The Morgan fingerprint density at radius 1 is 0.812 bits per heavy atom. The number of piperazine rings is 1. The van der Waals surface area contributed by atoms with Crippen molar-refractivity contribution in [3.63, 3.8) is 0 Å². The third-order valence-corrected chi connectivity index (χ3v) is 5.33. The van der Waals surface area contributed by atoms with E-state index in [0.717, 1.165) is 17.7 Å². The molecule has 4 rings (SSSR count). The maximum Gasteiger partial charge on any atom is 0.416 e. The fraction of sp³-hybridized carbons (Fsp3) is 0.273. The summed E-state index contributed by atoms with van der Waals surface area (Å²) in [7, 11) is 0. The number of carbonyl (C=O) groups is 2. The quantitative estimate of drug-likeness (QED) is 0.622. The zero-order valence-electron chi connectivity index (χ0n) is 17.0. The van der Waals surface area contributed by atoms with Crippen molar-refractivity contribution >= 4 is 11.8 Å². The Morgan fingerprint density at radius 3 is 1.75 bits per heavy atom. The van der Waals surface area contributed by atoms with Gasteiger partial charge in [0.2, 0.25) is 0 Å². The number of carbonyl (C=O) groups excluding carboxylic acids is 2. The van der Waals surface area contributed by atoms with E-state index in [2.05, 4.69) is 10.1 Å². The molecule has 2 amide bonds. The van der Waals surface area contributed by atoms with Crippen LogP contribution in [-0.2, 0) is 12.7 Å². The van der Waals surface area contributed by atoms with Crippen molar-refractivity contribution in [1.82, 2.24) is 24.6 Å². The number of amides is 2. The summed E-state index contributed by atoms with van der Waals surface area (Å²) < 4.78 is 39.8. The Kier molecular flexibility index (Phi) is 5.93. The average Bonchev–Trinajstić information content (AvgIpc) is 3.31. The van der Waals surface area contributed by atoms with Crippen LogP contribution in [0.5, 0.6) is 0 Å². The van der Waals surface area contributed by atoms with E-state index < -0.39 is 11.7 Å². The standard InChI is InChI=1S/C22H20F3N5O2/c23-22(24,25)19-7-5-18(6-8-19)21(32)29-11-9-28(10-12-29)20(31)17-3-1-16(2-4-17)13-30-15-26-14-27-30/h1-8,14-15H,9-13H2.